The van der Waals surface area contributed by atoms with Gasteiger partial charge in [0.25, 0.3) is 5.56 Å². The Morgan fingerprint density at radius 2 is 2.11 bits per heavy atom. The minimum absolute atomic E-state index is 0.0612. The van der Waals surface area contributed by atoms with E-state index in [1.54, 1.807) is 7.05 Å². The SMILES string of the molecule is CNC(=O)C(C)(C)CNc1cc(=O)[nH]c(C(C)C)n1. The Morgan fingerprint density at radius 3 is 2.63 bits per heavy atom. The number of rotatable bonds is 5. The number of nitrogens with zero attached hydrogens (tertiary/aromatic N) is 1. The molecule has 1 aromatic heterocycles. The first-order valence-electron chi connectivity index (χ1n) is 6.33. The van der Waals surface area contributed by atoms with E-state index in [1.807, 2.05) is 27.7 Å². The number of carbonyl (C=O) groups is 1. The van der Waals surface area contributed by atoms with Crippen molar-refractivity contribution in [2.45, 2.75) is 33.6 Å². The molecule has 0 bridgehead atoms. The monoisotopic (exact) mass is 266 g/mol. The molecule has 106 valence electrons. The zero-order chi connectivity index (χ0) is 14.6. The lowest BCUT2D eigenvalue weighted by molar-refractivity contribution is -0.128. The number of H-pyrrole nitrogens is 1. The predicted molar refractivity (Wildman–Crippen MR) is 75.3 cm³/mol. The van der Waals surface area contributed by atoms with Crippen LogP contribution in [0.1, 0.15) is 39.4 Å². The van der Waals surface area contributed by atoms with Crippen LogP contribution < -0.4 is 16.2 Å². The molecule has 0 unspecified atom stereocenters. The van der Waals surface area contributed by atoms with Crippen LogP contribution in [-0.2, 0) is 4.79 Å². The molecule has 0 fully saturated rings. The fraction of sp³-hybridized carbons (Fsp3) is 0.615. The van der Waals surface area contributed by atoms with Gasteiger partial charge < -0.3 is 15.6 Å². The second-order valence-electron chi connectivity index (χ2n) is 5.49. The Bertz CT molecular complexity index is 506. The van der Waals surface area contributed by atoms with Crippen molar-refractivity contribution < 1.29 is 4.79 Å². The summed E-state index contributed by atoms with van der Waals surface area (Å²) >= 11 is 0. The first-order chi connectivity index (χ1) is 8.76. The number of amides is 1. The van der Waals surface area contributed by atoms with Crippen molar-refractivity contribution in [3.05, 3.63) is 22.2 Å². The van der Waals surface area contributed by atoms with Crippen LogP contribution in [0.15, 0.2) is 10.9 Å². The van der Waals surface area contributed by atoms with Crippen LogP contribution in [0.25, 0.3) is 0 Å². The molecular formula is C13H22N4O2. The second kappa shape index (κ2) is 5.86. The molecule has 19 heavy (non-hydrogen) atoms. The maximum absolute atomic E-state index is 11.7. The van der Waals surface area contributed by atoms with Gasteiger partial charge in [0.2, 0.25) is 5.91 Å². The zero-order valence-electron chi connectivity index (χ0n) is 12.1. The summed E-state index contributed by atoms with van der Waals surface area (Å²) in [6, 6.07) is 1.39. The highest BCUT2D eigenvalue weighted by atomic mass is 16.2. The molecule has 6 nitrogen and oxygen atoms in total. The Labute approximate surface area is 113 Å². The summed E-state index contributed by atoms with van der Waals surface area (Å²) < 4.78 is 0. The average Bonchev–Trinajstić information content (AvgIpc) is 2.34. The van der Waals surface area contributed by atoms with Crippen LogP contribution in [0.2, 0.25) is 0 Å². The maximum Gasteiger partial charge on any atom is 0.252 e. The molecule has 1 heterocycles. The fourth-order valence-electron chi connectivity index (χ4n) is 1.57. The van der Waals surface area contributed by atoms with E-state index < -0.39 is 5.41 Å². The molecular weight excluding hydrogens is 244 g/mol. The van der Waals surface area contributed by atoms with Crippen molar-refractivity contribution in [1.82, 2.24) is 15.3 Å². The molecule has 0 radical (unpaired) electrons. The highest BCUT2D eigenvalue weighted by molar-refractivity contribution is 5.82. The average molecular weight is 266 g/mol. The third kappa shape index (κ3) is 4.08. The van der Waals surface area contributed by atoms with E-state index in [9.17, 15) is 9.59 Å². The number of hydrogen-bond donors (Lipinski definition) is 3. The Morgan fingerprint density at radius 1 is 1.47 bits per heavy atom. The summed E-state index contributed by atoms with van der Waals surface area (Å²) in [5, 5.41) is 5.66. The van der Waals surface area contributed by atoms with Crippen molar-refractivity contribution in [3.8, 4) is 0 Å². The van der Waals surface area contributed by atoms with Gasteiger partial charge in [-0.05, 0) is 13.8 Å². The van der Waals surface area contributed by atoms with E-state index in [0.717, 1.165) is 0 Å². The summed E-state index contributed by atoms with van der Waals surface area (Å²) in [5.74, 6) is 1.20. The molecule has 1 aromatic rings. The van der Waals surface area contributed by atoms with Gasteiger partial charge in [-0.15, -0.1) is 0 Å². The van der Waals surface area contributed by atoms with Crippen LogP contribution in [0.3, 0.4) is 0 Å². The van der Waals surface area contributed by atoms with E-state index in [2.05, 4.69) is 20.6 Å². The molecule has 1 amide bonds. The minimum atomic E-state index is -0.572. The van der Waals surface area contributed by atoms with Gasteiger partial charge in [0, 0.05) is 25.6 Å². The second-order valence-corrected chi connectivity index (χ2v) is 5.49. The molecule has 0 aliphatic rings. The van der Waals surface area contributed by atoms with Crippen molar-refractivity contribution in [3.63, 3.8) is 0 Å². The molecule has 0 aliphatic carbocycles. The van der Waals surface area contributed by atoms with Gasteiger partial charge in [-0.2, -0.15) is 0 Å². The van der Waals surface area contributed by atoms with Crippen LogP contribution in [0.5, 0.6) is 0 Å². The van der Waals surface area contributed by atoms with Crippen molar-refractivity contribution >= 4 is 11.7 Å². The zero-order valence-corrected chi connectivity index (χ0v) is 12.1. The van der Waals surface area contributed by atoms with Gasteiger partial charge >= 0.3 is 0 Å². The Kier molecular flexibility index (Phi) is 4.69. The highest BCUT2D eigenvalue weighted by Gasteiger charge is 2.26. The molecule has 0 atom stereocenters. The lowest BCUT2D eigenvalue weighted by Crippen LogP contribution is -2.39. The summed E-state index contributed by atoms with van der Waals surface area (Å²) in [6.45, 7) is 7.97. The van der Waals surface area contributed by atoms with Gasteiger partial charge in [0.15, 0.2) is 0 Å². The van der Waals surface area contributed by atoms with Gasteiger partial charge in [0.1, 0.15) is 11.6 Å². The summed E-state index contributed by atoms with van der Waals surface area (Å²) in [6.07, 6.45) is 0. The normalized spacial score (nSPS) is 11.5. The minimum Gasteiger partial charge on any atom is -0.369 e. The molecule has 3 N–H and O–H groups in total. The first kappa shape index (κ1) is 15.2. The molecule has 0 spiro atoms. The molecule has 0 saturated carbocycles. The summed E-state index contributed by atoms with van der Waals surface area (Å²) in [4.78, 5) is 30.2. The third-order valence-corrected chi connectivity index (χ3v) is 2.86. The number of anilines is 1. The van der Waals surface area contributed by atoms with Crippen molar-refractivity contribution in [1.29, 1.82) is 0 Å². The van der Waals surface area contributed by atoms with Gasteiger partial charge in [-0.1, -0.05) is 13.8 Å². The maximum atomic E-state index is 11.7. The fourth-order valence-corrected chi connectivity index (χ4v) is 1.57. The molecule has 6 heteroatoms. The van der Waals surface area contributed by atoms with Gasteiger partial charge in [-0.3, -0.25) is 9.59 Å². The van der Waals surface area contributed by atoms with E-state index >= 15 is 0 Å². The van der Waals surface area contributed by atoms with E-state index in [-0.39, 0.29) is 17.4 Å². The lowest BCUT2D eigenvalue weighted by atomic mass is 9.92. The quantitative estimate of drug-likeness (QED) is 0.744. The van der Waals surface area contributed by atoms with E-state index in [1.165, 1.54) is 6.07 Å². The molecule has 1 rings (SSSR count). The first-order valence-corrected chi connectivity index (χ1v) is 6.33. The van der Waals surface area contributed by atoms with Crippen LogP contribution in [0.4, 0.5) is 5.82 Å². The Balaban J connectivity index is 2.84. The van der Waals surface area contributed by atoms with Crippen LogP contribution in [0, 0.1) is 5.41 Å². The molecule has 0 saturated heterocycles. The predicted octanol–water partition coefficient (Wildman–Crippen LogP) is 1.08. The number of hydrogen-bond acceptors (Lipinski definition) is 4. The molecule has 0 aliphatic heterocycles. The number of nitrogens with one attached hydrogen (secondary N) is 3. The number of aromatic nitrogens is 2. The van der Waals surface area contributed by atoms with E-state index in [0.29, 0.717) is 18.2 Å². The van der Waals surface area contributed by atoms with Crippen LogP contribution in [-0.4, -0.2) is 29.5 Å². The Hall–Kier alpha value is -1.85. The number of aromatic amines is 1. The van der Waals surface area contributed by atoms with Crippen molar-refractivity contribution in [2.75, 3.05) is 18.9 Å². The topological polar surface area (TPSA) is 86.9 Å². The summed E-state index contributed by atoms with van der Waals surface area (Å²) in [7, 11) is 1.60. The van der Waals surface area contributed by atoms with Crippen LogP contribution >= 0.6 is 0 Å². The van der Waals surface area contributed by atoms with E-state index in [4.69, 9.17) is 0 Å². The molecule has 0 aromatic carbocycles. The smallest absolute Gasteiger partial charge is 0.252 e. The lowest BCUT2D eigenvalue weighted by Gasteiger charge is -2.23. The standard InChI is InChI=1S/C13H22N4O2/c1-8(2)11-16-9(6-10(18)17-11)15-7-13(3,4)12(19)14-5/h6,8H,7H2,1-5H3,(H,14,19)(H2,15,16,17,18). The van der Waals surface area contributed by atoms with Gasteiger partial charge in [-0.25, -0.2) is 4.98 Å². The summed E-state index contributed by atoms with van der Waals surface area (Å²) in [5.41, 5.74) is -0.768. The highest BCUT2D eigenvalue weighted by Crippen LogP contribution is 2.16. The van der Waals surface area contributed by atoms with Gasteiger partial charge in [0.05, 0.1) is 5.41 Å². The number of carbonyl (C=O) groups excluding carboxylic acids is 1. The largest absolute Gasteiger partial charge is 0.369 e. The third-order valence-electron chi connectivity index (χ3n) is 2.86. The van der Waals surface area contributed by atoms with Crippen molar-refractivity contribution in [2.24, 2.45) is 5.41 Å².